The Balaban J connectivity index is 1.75. The fraction of sp³-hybridized carbons (Fsp3) is 0.385. The van der Waals surface area contributed by atoms with Gasteiger partial charge in [-0.15, -0.1) is 0 Å². The van der Waals surface area contributed by atoms with Crippen molar-refractivity contribution < 1.29 is 18.8 Å². The molecule has 3 rings (SSSR count). The summed E-state index contributed by atoms with van der Waals surface area (Å²) in [5, 5.41) is 13.5. The molecule has 0 amide bonds. The Morgan fingerprint density at radius 1 is 1.12 bits per heavy atom. The maximum Gasteiger partial charge on any atom is 0.349 e. The Morgan fingerprint density at radius 2 is 1.82 bits per heavy atom. The average molecular weight is 463 g/mol. The van der Waals surface area contributed by atoms with Gasteiger partial charge in [-0.3, -0.25) is 9.36 Å². The lowest BCUT2D eigenvalue weighted by molar-refractivity contribution is -0.137. The number of nitrogens with zero attached hydrogens (tertiary/aromatic N) is 4. The van der Waals surface area contributed by atoms with Gasteiger partial charge in [-0.1, -0.05) is 19.0 Å². The molecule has 34 heavy (non-hydrogen) atoms. The summed E-state index contributed by atoms with van der Waals surface area (Å²) in [5.41, 5.74) is 4.54. The topological polar surface area (TPSA) is 103 Å². The van der Waals surface area contributed by atoms with E-state index in [-0.39, 0.29) is 11.4 Å². The Hall–Kier alpha value is -3.86. The van der Waals surface area contributed by atoms with Crippen LogP contribution in [0.4, 0.5) is 0 Å². The van der Waals surface area contributed by atoms with Crippen molar-refractivity contribution in [3.63, 3.8) is 0 Å². The summed E-state index contributed by atoms with van der Waals surface area (Å²) >= 11 is 0. The predicted molar refractivity (Wildman–Crippen MR) is 128 cm³/mol. The van der Waals surface area contributed by atoms with Gasteiger partial charge >= 0.3 is 5.97 Å². The van der Waals surface area contributed by atoms with E-state index in [1.165, 1.54) is 6.08 Å². The Kier molecular flexibility index (Phi) is 7.26. The molecule has 0 aliphatic rings. The van der Waals surface area contributed by atoms with Crippen LogP contribution in [-0.4, -0.2) is 32.7 Å². The molecule has 0 N–H and O–H groups in total. The summed E-state index contributed by atoms with van der Waals surface area (Å²) in [6.07, 6.45) is 1.52. The molecule has 8 heteroatoms. The minimum absolute atomic E-state index is 0.152. The molecule has 178 valence electrons. The van der Waals surface area contributed by atoms with Crippen molar-refractivity contribution >= 4 is 17.8 Å². The van der Waals surface area contributed by atoms with Gasteiger partial charge < -0.3 is 13.8 Å². The molecule has 3 aromatic rings. The lowest BCUT2D eigenvalue weighted by Gasteiger charge is -2.12. The van der Waals surface area contributed by atoms with E-state index >= 15 is 0 Å². The van der Waals surface area contributed by atoms with Crippen molar-refractivity contribution in [3.05, 3.63) is 63.4 Å². The highest BCUT2D eigenvalue weighted by Crippen LogP contribution is 2.22. The zero-order valence-corrected chi connectivity index (χ0v) is 20.7. The van der Waals surface area contributed by atoms with Crippen LogP contribution < -0.4 is 0 Å². The van der Waals surface area contributed by atoms with Crippen molar-refractivity contribution in [3.8, 4) is 11.9 Å². The van der Waals surface area contributed by atoms with E-state index in [4.69, 9.17) is 9.26 Å². The first-order valence-electron chi connectivity index (χ1n) is 11.1. The third-order valence-electron chi connectivity index (χ3n) is 5.71. The highest BCUT2D eigenvalue weighted by Gasteiger charge is 2.21. The fourth-order valence-electron chi connectivity index (χ4n) is 4.06. The lowest BCUT2D eigenvalue weighted by Crippen LogP contribution is -2.16. The van der Waals surface area contributed by atoms with E-state index in [9.17, 15) is 14.9 Å². The molecule has 0 unspecified atom stereocenters. The molecule has 0 aromatic carbocycles. The molecule has 0 atom stereocenters. The standard InChI is InChI=1S/C26H30N4O4/c1-15(2)13-29-16(3)8-21(19(29)6)11-22(12-27)26(32)33-14-24(31)23-9-17(4)30(20(23)7)25-10-18(5)34-28-25/h8-11,15H,13-14H2,1-7H3/b22-11+. The number of esters is 1. The Labute approximate surface area is 199 Å². The van der Waals surface area contributed by atoms with E-state index in [1.807, 2.05) is 32.9 Å². The summed E-state index contributed by atoms with van der Waals surface area (Å²) in [6.45, 7) is 14.0. The molecule has 0 saturated carbocycles. The second-order valence-electron chi connectivity index (χ2n) is 8.92. The summed E-state index contributed by atoms with van der Waals surface area (Å²) in [4.78, 5) is 25.4. The van der Waals surface area contributed by atoms with Gasteiger partial charge in [-0.05, 0) is 64.3 Å². The Morgan fingerprint density at radius 3 is 2.41 bits per heavy atom. The van der Waals surface area contributed by atoms with Gasteiger partial charge in [-0.25, -0.2) is 4.79 Å². The van der Waals surface area contributed by atoms with Crippen LogP contribution in [0.15, 0.2) is 28.3 Å². The highest BCUT2D eigenvalue weighted by molar-refractivity contribution is 6.02. The van der Waals surface area contributed by atoms with Crippen LogP contribution in [0.5, 0.6) is 0 Å². The van der Waals surface area contributed by atoms with Crippen LogP contribution in [0.2, 0.25) is 0 Å². The first-order valence-corrected chi connectivity index (χ1v) is 11.1. The van der Waals surface area contributed by atoms with E-state index in [0.29, 0.717) is 28.8 Å². The summed E-state index contributed by atoms with van der Waals surface area (Å²) in [5.74, 6) is 0.507. The van der Waals surface area contributed by atoms with Gasteiger partial charge in [0, 0.05) is 41.0 Å². The van der Waals surface area contributed by atoms with Crippen LogP contribution in [0.1, 0.15) is 58.3 Å². The van der Waals surface area contributed by atoms with Crippen molar-refractivity contribution in [2.24, 2.45) is 5.92 Å². The third-order valence-corrected chi connectivity index (χ3v) is 5.71. The maximum atomic E-state index is 12.8. The van der Waals surface area contributed by atoms with Gasteiger partial charge in [0.1, 0.15) is 17.4 Å². The minimum Gasteiger partial charge on any atom is -0.453 e. The maximum absolute atomic E-state index is 12.8. The van der Waals surface area contributed by atoms with Gasteiger partial charge in [0.05, 0.1) is 0 Å². The summed E-state index contributed by atoms with van der Waals surface area (Å²) < 4.78 is 14.3. The predicted octanol–water partition coefficient (Wildman–Crippen LogP) is 4.80. The number of aryl methyl sites for hydroxylation is 3. The first kappa shape index (κ1) is 24.8. The number of ketones is 1. The number of rotatable bonds is 8. The number of nitriles is 1. The molecule has 0 saturated heterocycles. The Bertz CT molecular complexity index is 1310. The molecule has 3 aromatic heterocycles. The third kappa shape index (κ3) is 5.04. The number of aromatic nitrogens is 3. The van der Waals surface area contributed by atoms with Gasteiger partial charge in [0.25, 0.3) is 0 Å². The highest BCUT2D eigenvalue weighted by atomic mass is 16.5. The summed E-state index contributed by atoms with van der Waals surface area (Å²) in [6, 6.07) is 7.34. The number of carbonyl (C=O) groups is 2. The van der Waals surface area contributed by atoms with Crippen molar-refractivity contribution in [1.82, 2.24) is 14.3 Å². The second-order valence-corrected chi connectivity index (χ2v) is 8.92. The quantitative estimate of drug-likeness (QED) is 0.206. The van der Waals surface area contributed by atoms with Crippen LogP contribution in [0.3, 0.4) is 0 Å². The number of hydrogen-bond donors (Lipinski definition) is 0. The lowest BCUT2D eigenvalue weighted by atomic mass is 10.1. The van der Waals surface area contributed by atoms with Gasteiger partial charge in [-0.2, -0.15) is 5.26 Å². The molecule has 0 radical (unpaired) electrons. The van der Waals surface area contributed by atoms with Crippen LogP contribution in [0, 0.1) is 51.9 Å². The fourth-order valence-corrected chi connectivity index (χ4v) is 4.06. The van der Waals surface area contributed by atoms with E-state index in [0.717, 1.165) is 29.2 Å². The van der Waals surface area contributed by atoms with Crippen molar-refractivity contribution in [1.29, 1.82) is 5.26 Å². The molecule has 3 heterocycles. The number of hydrogen-bond acceptors (Lipinski definition) is 6. The molecule has 0 spiro atoms. The van der Waals surface area contributed by atoms with Crippen LogP contribution in [0.25, 0.3) is 11.9 Å². The SMILES string of the molecule is Cc1cc(-n2c(C)cc(C(=O)COC(=O)/C(C#N)=C/c3cc(C)n(CC(C)C)c3C)c2C)no1. The van der Waals surface area contributed by atoms with Crippen molar-refractivity contribution in [2.75, 3.05) is 6.61 Å². The van der Waals surface area contributed by atoms with E-state index < -0.39 is 12.6 Å². The average Bonchev–Trinajstić information content (AvgIpc) is 3.40. The summed E-state index contributed by atoms with van der Waals surface area (Å²) in [7, 11) is 0. The molecular weight excluding hydrogens is 432 g/mol. The molecular formula is C26H30N4O4. The van der Waals surface area contributed by atoms with Crippen LogP contribution in [-0.2, 0) is 16.1 Å². The van der Waals surface area contributed by atoms with Crippen LogP contribution >= 0.6 is 0 Å². The molecule has 0 aliphatic carbocycles. The molecule has 0 fully saturated rings. The minimum atomic E-state index is -0.828. The zero-order chi connectivity index (χ0) is 25.2. The molecule has 0 aliphatic heterocycles. The largest absolute Gasteiger partial charge is 0.453 e. The van der Waals surface area contributed by atoms with E-state index in [2.05, 4.69) is 23.6 Å². The normalized spacial score (nSPS) is 11.7. The van der Waals surface area contributed by atoms with E-state index in [1.54, 1.807) is 30.5 Å². The zero-order valence-electron chi connectivity index (χ0n) is 20.7. The number of carbonyl (C=O) groups excluding carboxylic acids is 2. The first-order chi connectivity index (χ1) is 16.0. The molecule has 0 bridgehead atoms. The molecule has 8 nitrogen and oxygen atoms in total. The van der Waals surface area contributed by atoms with Gasteiger partial charge in [0.2, 0.25) is 5.78 Å². The number of Topliss-reactive ketones (excluding diaryl/α,β-unsaturated/α-hetero) is 1. The smallest absolute Gasteiger partial charge is 0.349 e. The van der Waals surface area contributed by atoms with Crippen molar-refractivity contribution in [2.45, 2.75) is 55.0 Å². The van der Waals surface area contributed by atoms with Gasteiger partial charge in [0.15, 0.2) is 12.4 Å². The second kappa shape index (κ2) is 9.96. The monoisotopic (exact) mass is 462 g/mol. The number of ether oxygens (including phenoxy) is 1.